The van der Waals surface area contributed by atoms with E-state index in [2.05, 4.69) is 10.6 Å². The Morgan fingerprint density at radius 1 is 1.29 bits per heavy atom. The monoisotopic (exact) mass is 294 g/mol. The summed E-state index contributed by atoms with van der Waals surface area (Å²) in [5.74, 6) is -0.563. The molecule has 1 atom stereocenters. The molecule has 1 rings (SSSR count). The topological polar surface area (TPSA) is 87.7 Å². The summed E-state index contributed by atoms with van der Waals surface area (Å²) >= 11 is 0. The van der Waals surface area contributed by atoms with Crippen molar-refractivity contribution in [1.29, 1.82) is 0 Å². The summed E-state index contributed by atoms with van der Waals surface area (Å²) in [6.07, 6.45) is 0. The summed E-state index contributed by atoms with van der Waals surface area (Å²) in [6, 6.07) is 3.78. The van der Waals surface area contributed by atoms with Crippen LogP contribution in [0.15, 0.2) is 18.2 Å². The van der Waals surface area contributed by atoms with E-state index >= 15 is 0 Å². The van der Waals surface area contributed by atoms with Crippen molar-refractivity contribution in [3.63, 3.8) is 0 Å². The Kier molecular flexibility index (Phi) is 5.18. The van der Waals surface area contributed by atoms with E-state index in [0.717, 1.165) is 5.56 Å². The standard InChI is InChI=1S/C15H22N2O4/c1-9-6-7-11(21-5)10(8-9)16-14(20)17-12(13(18)19)15(2,3)4/h6-8,12H,1-5H3,(H,18,19)(H2,16,17,20). The van der Waals surface area contributed by atoms with Crippen LogP contribution in [0, 0.1) is 12.3 Å². The number of urea groups is 1. The van der Waals surface area contributed by atoms with Gasteiger partial charge in [-0.25, -0.2) is 9.59 Å². The van der Waals surface area contributed by atoms with E-state index in [9.17, 15) is 14.7 Å². The lowest BCUT2D eigenvalue weighted by atomic mass is 9.87. The summed E-state index contributed by atoms with van der Waals surface area (Å²) in [7, 11) is 1.50. The third-order valence-corrected chi connectivity index (χ3v) is 2.99. The fraction of sp³-hybridized carbons (Fsp3) is 0.467. The minimum atomic E-state index is -1.08. The third-order valence-electron chi connectivity index (χ3n) is 2.99. The van der Waals surface area contributed by atoms with Crippen LogP contribution in [-0.2, 0) is 4.79 Å². The number of ether oxygens (including phenoxy) is 1. The van der Waals surface area contributed by atoms with Gasteiger partial charge in [0.05, 0.1) is 12.8 Å². The van der Waals surface area contributed by atoms with Crippen molar-refractivity contribution in [3.05, 3.63) is 23.8 Å². The Morgan fingerprint density at radius 2 is 1.90 bits per heavy atom. The van der Waals surface area contributed by atoms with Gasteiger partial charge in [-0.05, 0) is 30.0 Å². The SMILES string of the molecule is COc1ccc(C)cc1NC(=O)NC(C(=O)O)C(C)(C)C. The Bertz CT molecular complexity index is 535. The number of rotatable bonds is 4. The van der Waals surface area contributed by atoms with Gasteiger partial charge in [-0.1, -0.05) is 26.8 Å². The zero-order chi connectivity index (χ0) is 16.2. The number of carboxylic acids is 1. The van der Waals surface area contributed by atoms with Crippen LogP contribution in [0.3, 0.4) is 0 Å². The predicted molar refractivity (Wildman–Crippen MR) is 80.8 cm³/mol. The van der Waals surface area contributed by atoms with Crippen molar-refractivity contribution < 1.29 is 19.4 Å². The molecule has 0 spiro atoms. The number of carboxylic acid groups (broad SMARTS) is 1. The number of amides is 2. The van der Waals surface area contributed by atoms with Crippen LogP contribution in [0.5, 0.6) is 5.75 Å². The van der Waals surface area contributed by atoms with Crippen LogP contribution in [0.4, 0.5) is 10.5 Å². The molecule has 116 valence electrons. The van der Waals surface area contributed by atoms with Gasteiger partial charge < -0.3 is 20.5 Å². The Balaban J connectivity index is 2.86. The molecule has 0 aromatic heterocycles. The van der Waals surface area contributed by atoms with Gasteiger partial charge in [-0.15, -0.1) is 0 Å². The second kappa shape index (κ2) is 6.47. The number of hydrogen-bond donors (Lipinski definition) is 3. The predicted octanol–water partition coefficient (Wildman–Crippen LogP) is 2.62. The Morgan fingerprint density at radius 3 is 2.38 bits per heavy atom. The summed E-state index contributed by atoms with van der Waals surface area (Å²) < 4.78 is 5.16. The Hall–Kier alpha value is -2.24. The molecule has 0 heterocycles. The van der Waals surface area contributed by atoms with Gasteiger partial charge in [-0.3, -0.25) is 0 Å². The second-order valence-corrected chi connectivity index (χ2v) is 5.94. The first-order valence-corrected chi connectivity index (χ1v) is 6.60. The molecule has 0 saturated carbocycles. The van der Waals surface area contributed by atoms with E-state index in [0.29, 0.717) is 11.4 Å². The molecule has 3 N–H and O–H groups in total. The number of aryl methyl sites for hydroxylation is 1. The number of methoxy groups -OCH3 is 1. The molecule has 6 heteroatoms. The number of carbonyl (C=O) groups is 2. The van der Waals surface area contributed by atoms with E-state index in [1.54, 1.807) is 32.9 Å². The van der Waals surface area contributed by atoms with Gasteiger partial charge in [0, 0.05) is 0 Å². The maximum atomic E-state index is 12.0. The molecule has 1 aromatic rings. The Labute approximate surface area is 124 Å². The van der Waals surface area contributed by atoms with Gasteiger partial charge in [0.15, 0.2) is 0 Å². The quantitative estimate of drug-likeness (QED) is 0.796. The maximum absolute atomic E-state index is 12.0. The lowest BCUT2D eigenvalue weighted by Crippen LogP contribution is -2.50. The molecule has 0 aliphatic carbocycles. The fourth-order valence-electron chi connectivity index (χ4n) is 1.86. The van der Waals surface area contributed by atoms with Gasteiger partial charge in [0.2, 0.25) is 0 Å². The third kappa shape index (κ3) is 4.66. The highest BCUT2D eigenvalue weighted by atomic mass is 16.5. The van der Waals surface area contributed by atoms with Gasteiger partial charge in [0.1, 0.15) is 11.8 Å². The van der Waals surface area contributed by atoms with Crippen molar-refractivity contribution in [2.45, 2.75) is 33.7 Å². The second-order valence-electron chi connectivity index (χ2n) is 5.94. The van der Waals surface area contributed by atoms with E-state index in [4.69, 9.17) is 4.74 Å². The molecular weight excluding hydrogens is 272 g/mol. The van der Waals surface area contributed by atoms with Crippen LogP contribution < -0.4 is 15.4 Å². The molecule has 0 fully saturated rings. The van der Waals surface area contributed by atoms with Crippen molar-refractivity contribution in [2.24, 2.45) is 5.41 Å². The summed E-state index contributed by atoms with van der Waals surface area (Å²) in [5.41, 5.74) is 0.851. The molecular formula is C15H22N2O4. The molecule has 0 aliphatic rings. The lowest BCUT2D eigenvalue weighted by Gasteiger charge is -2.27. The number of nitrogens with one attached hydrogen (secondary N) is 2. The average Bonchev–Trinajstić information content (AvgIpc) is 2.34. The van der Waals surface area contributed by atoms with Crippen molar-refractivity contribution in [1.82, 2.24) is 5.32 Å². The summed E-state index contributed by atoms with van der Waals surface area (Å²) in [6.45, 7) is 7.13. The number of carbonyl (C=O) groups excluding carboxylic acids is 1. The molecule has 1 aromatic carbocycles. The summed E-state index contributed by atoms with van der Waals surface area (Å²) in [4.78, 5) is 23.3. The molecule has 0 radical (unpaired) electrons. The molecule has 0 aliphatic heterocycles. The van der Waals surface area contributed by atoms with Crippen LogP contribution in [-0.4, -0.2) is 30.3 Å². The smallest absolute Gasteiger partial charge is 0.326 e. The maximum Gasteiger partial charge on any atom is 0.326 e. The van der Waals surface area contributed by atoms with E-state index in [1.165, 1.54) is 7.11 Å². The first-order chi connectivity index (χ1) is 9.65. The summed E-state index contributed by atoms with van der Waals surface area (Å²) in [5, 5.41) is 14.3. The molecule has 0 bridgehead atoms. The number of hydrogen-bond acceptors (Lipinski definition) is 3. The molecule has 0 saturated heterocycles. The molecule has 21 heavy (non-hydrogen) atoms. The van der Waals surface area contributed by atoms with E-state index in [-0.39, 0.29) is 0 Å². The van der Waals surface area contributed by atoms with E-state index < -0.39 is 23.5 Å². The molecule has 2 amide bonds. The van der Waals surface area contributed by atoms with Gasteiger partial charge in [-0.2, -0.15) is 0 Å². The van der Waals surface area contributed by atoms with Crippen molar-refractivity contribution in [2.75, 3.05) is 12.4 Å². The molecule has 6 nitrogen and oxygen atoms in total. The first-order valence-electron chi connectivity index (χ1n) is 6.60. The normalized spacial score (nSPS) is 12.4. The fourth-order valence-corrected chi connectivity index (χ4v) is 1.86. The number of anilines is 1. The highest BCUT2D eigenvalue weighted by Gasteiger charge is 2.32. The van der Waals surface area contributed by atoms with E-state index in [1.807, 2.05) is 13.0 Å². The van der Waals surface area contributed by atoms with Crippen LogP contribution in [0.25, 0.3) is 0 Å². The zero-order valence-electron chi connectivity index (χ0n) is 13.0. The lowest BCUT2D eigenvalue weighted by molar-refractivity contribution is -0.141. The zero-order valence-corrected chi connectivity index (χ0v) is 13.0. The van der Waals surface area contributed by atoms with Gasteiger partial charge >= 0.3 is 12.0 Å². The average molecular weight is 294 g/mol. The molecule has 1 unspecified atom stereocenters. The van der Waals surface area contributed by atoms with Crippen LogP contribution >= 0.6 is 0 Å². The van der Waals surface area contributed by atoms with Crippen molar-refractivity contribution in [3.8, 4) is 5.75 Å². The minimum absolute atomic E-state index is 0.494. The van der Waals surface area contributed by atoms with Crippen molar-refractivity contribution >= 4 is 17.7 Å². The van der Waals surface area contributed by atoms with Crippen LogP contribution in [0.2, 0.25) is 0 Å². The highest BCUT2D eigenvalue weighted by molar-refractivity contribution is 5.93. The van der Waals surface area contributed by atoms with Crippen LogP contribution in [0.1, 0.15) is 26.3 Å². The number of benzene rings is 1. The largest absolute Gasteiger partial charge is 0.495 e. The highest BCUT2D eigenvalue weighted by Crippen LogP contribution is 2.25. The number of aliphatic carboxylic acids is 1. The first kappa shape index (κ1) is 16.8. The minimum Gasteiger partial charge on any atom is -0.495 e. The van der Waals surface area contributed by atoms with Gasteiger partial charge in [0.25, 0.3) is 0 Å².